The number of aryl methyl sites for hydroxylation is 1. The first-order valence-corrected chi connectivity index (χ1v) is 11.1. The zero-order chi connectivity index (χ0) is 21.2. The van der Waals surface area contributed by atoms with Gasteiger partial charge in [-0.1, -0.05) is 36.4 Å². The van der Waals surface area contributed by atoms with E-state index >= 15 is 0 Å². The molecule has 31 heavy (non-hydrogen) atoms. The molecule has 3 heterocycles. The number of aromatic nitrogens is 2. The Kier molecular flexibility index (Phi) is 5.57. The van der Waals surface area contributed by atoms with Crippen LogP contribution in [0.2, 0.25) is 0 Å². The molecule has 1 amide bonds. The van der Waals surface area contributed by atoms with Crippen LogP contribution in [0, 0.1) is 0 Å². The van der Waals surface area contributed by atoms with Gasteiger partial charge in [-0.05, 0) is 36.6 Å². The van der Waals surface area contributed by atoms with Gasteiger partial charge in [0, 0.05) is 68.3 Å². The van der Waals surface area contributed by atoms with Crippen molar-refractivity contribution in [1.29, 1.82) is 0 Å². The molecule has 6 heteroatoms. The molecule has 6 nitrogen and oxygen atoms in total. The Balaban J connectivity index is 1.33. The summed E-state index contributed by atoms with van der Waals surface area (Å²) in [6, 6.07) is 18.9. The number of amides is 1. The average Bonchev–Trinajstić information content (AvgIpc) is 3.34. The fourth-order valence-electron chi connectivity index (χ4n) is 4.98. The number of para-hydroxylation sites is 1. The second-order valence-corrected chi connectivity index (χ2v) is 8.62. The lowest BCUT2D eigenvalue weighted by molar-refractivity contribution is 0.0978. The van der Waals surface area contributed by atoms with E-state index in [1.54, 1.807) is 0 Å². The van der Waals surface area contributed by atoms with E-state index in [4.69, 9.17) is 0 Å². The molecular weight excluding hydrogens is 386 g/mol. The number of carbonyl (C=O) groups excluding carboxylic acids is 1. The summed E-state index contributed by atoms with van der Waals surface area (Å²) >= 11 is 0. The number of hydrogen-bond donors (Lipinski definition) is 1. The molecule has 2 aliphatic rings. The van der Waals surface area contributed by atoms with Crippen LogP contribution < -0.4 is 10.2 Å². The van der Waals surface area contributed by atoms with Gasteiger partial charge in [0.1, 0.15) is 0 Å². The van der Waals surface area contributed by atoms with Crippen LogP contribution in [0.3, 0.4) is 0 Å². The maximum Gasteiger partial charge on any atom is 0.258 e. The molecule has 5 rings (SSSR count). The van der Waals surface area contributed by atoms with Crippen LogP contribution in [0.25, 0.3) is 0 Å². The summed E-state index contributed by atoms with van der Waals surface area (Å²) in [6.07, 6.45) is 6.24. The first kappa shape index (κ1) is 20.0. The summed E-state index contributed by atoms with van der Waals surface area (Å²) in [5.74, 6) is 0.0908. The summed E-state index contributed by atoms with van der Waals surface area (Å²) in [7, 11) is 1.95. The number of nitrogens with zero attached hydrogens (tertiary/aromatic N) is 4. The molecule has 1 fully saturated rings. The predicted octanol–water partition coefficient (Wildman–Crippen LogP) is 3.20. The topological polar surface area (TPSA) is 53.4 Å². The molecule has 1 saturated heterocycles. The normalized spacial score (nSPS) is 20.9. The minimum absolute atomic E-state index is 0.0908. The average molecular weight is 416 g/mol. The van der Waals surface area contributed by atoms with Crippen LogP contribution in [0.15, 0.2) is 67.0 Å². The van der Waals surface area contributed by atoms with Crippen LogP contribution in [-0.4, -0.2) is 45.8 Å². The fraction of sp³-hybridized carbons (Fsp3) is 0.360. The van der Waals surface area contributed by atoms with E-state index in [-0.39, 0.29) is 5.91 Å². The van der Waals surface area contributed by atoms with Gasteiger partial charge < -0.3 is 10.2 Å². The molecule has 2 aromatic carbocycles. The molecule has 1 N–H and O–H groups in total. The standard InChI is InChI=1S/C25H29N5O/c1-28-16-19(14-27-28)13-26-15-22-11-12-23-18-30(25(31)20-7-3-2-4-8-20)24-10-6-5-9-21(24)17-29(22)23/h2-10,14,16,22-23,26H,11-13,15,17-18H2,1H3. The van der Waals surface area contributed by atoms with Gasteiger partial charge in [-0.2, -0.15) is 5.10 Å². The van der Waals surface area contributed by atoms with Gasteiger partial charge in [0.05, 0.1) is 6.20 Å². The molecule has 0 spiro atoms. The van der Waals surface area contributed by atoms with Crippen molar-refractivity contribution in [1.82, 2.24) is 20.0 Å². The minimum Gasteiger partial charge on any atom is -0.311 e. The van der Waals surface area contributed by atoms with Crippen LogP contribution in [0.1, 0.15) is 34.3 Å². The van der Waals surface area contributed by atoms with Crippen molar-refractivity contribution in [3.8, 4) is 0 Å². The summed E-state index contributed by atoms with van der Waals surface area (Å²) < 4.78 is 1.84. The predicted molar refractivity (Wildman–Crippen MR) is 122 cm³/mol. The van der Waals surface area contributed by atoms with Crippen molar-refractivity contribution in [2.75, 3.05) is 18.0 Å². The van der Waals surface area contributed by atoms with E-state index in [0.717, 1.165) is 50.3 Å². The number of nitrogens with one attached hydrogen (secondary N) is 1. The van der Waals surface area contributed by atoms with Gasteiger partial charge >= 0.3 is 0 Å². The van der Waals surface area contributed by atoms with Gasteiger partial charge in [-0.3, -0.25) is 14.4 Å². The quantitative estimate of drug-likeness (QED) is 0.695. The number of anilines is 1. The van der Waals surface area contributed by atoms with E-state index < -0.39 is 0 Å². The Hall–Kier alpha value is -2.96. The smallest absolute Gasteiger partial charge is 0.258 e. The third-order valence-corrected chi connectivity index (χ3v) is 6.53. The Morgan fingerprint density at radius 2 is 1.90 bits per heavy atom. The van der Waals surface area contributed by atoms with Gasteiger partial charge in [-0.25, -0.2) is 0 Å². The van der Waals surface area contributed by atoms with Crippen molar-refractivity contribution in [2.24, 2.45) is 7.05 Å². The van der Waals surface area contributed by atoms with Gasteiger partial charge in [0.2, 0.25) is 0 Å². The molecule has 2 aliphatic heterocycles. The van der Waals surface area contributed by atoms with E-state index in [1.165, 1.54) is 11.1 Å². The zero-order valence-electron chi connectivity index (χ0n) is 17.9. The third-order valence-electron chi connectivity index (χ3n) is 6.53. The Bertz CT molecular complexity index is 1050. The highest BCUT2D eigenvalue weighted by molar-refractivity contribution is 6.06. The largest absolute Gasteiger partial charge is 0.311 e. The van der Waals surface area contributed by atoms with Crippen LogP contribution >= 0.6 is 0 Å². The molecule has 2 atom stereocenters. The van der Waals surface area contributed by atoms with Gasteiger partial charge in [-0.15, -0.1) is 0 Å². The maximum atomic E-state index is 13.4. The van der Waals surface area contributed by atoms with Gasteiger partial charge in [0.25, 0.3) is 5.91 Å². The molecule has 2 unspecified atom stereocenters. The molecule has 1 aromatic heterocycles. The first-order chi connectivity index (χ1) is 15.2. The van der Waals surface area contributed by atoms with E-state index in [2.05, 4.69) is 39.7 Å². The summed E-state index contributed by atoms with van der Waals surface area (Å²) in [6.45, 7) is 3.40. The summed E-state index contributed by atoms with van der Waals surface area (Å²) in [5, 5.41) is 7.87. The number of hydrogen-bond acceptors (Lipinski definition) is 4. The van der Waals surface area contributed by atoms with E-state index in [0.29, 0.717) is 12.1 Å². The van der Waals surface area contributed by atoms with Crippen molar-refractivity contribution >= 4 is 11.6 Å². The first-order valence-electron chi connectivity index (χ1n) is 11.1. The SMILES string of the molecule is Cn1cc(CNCC2CCC3CN(C(=O)c4ccccc4)c4ccccc4CN23)cn1. The van der Waals surface area contributed by atoms with E-state index in [1.807, 2.05) is 59.2 Å². The number of rotatable bonds is 5. The van der Waals surface area contributed by atoms with Crippen molar-refractivity contribution < 1.29 is 4.79 Å². The summed E-state index contributed by atoms with van der Waals surface area (Å²) in [5.41, 5.74) is 4.23. The van der Waals surface area contributed by atoms with Crippen LogP contribution in [-0.2, 0) is 20.1 Å². The zero-order valence-corrected chi connectivity index (χ0v) is 17.9. The second kappa shape index (κ2) is 8.65. The molecule has 0 saturated carbocycles. The fourth-order valence-corrected chi connectivity index (χ4v) is 4.98. The molecule has 0 aliphatic carbocycles. The van der Waals surface area contributed by atoms with E-state index in [9.17, 15) is 4.79 Å². The summed E-state index contributed by atoms with van der Waals surface area (Å²) in [4.78, 5) is 18.0. The lowest BCUT2D eigenvalue weighted by Gasteiger charge is -2.30. The lowest BCUT2D eigenvalue weighted by atomic mass is 10.1. The van der Waals surface area contributed by atoms with Crippen molar-refractivity contribution in [2.45, 2.75) is 38.0 Å². The third kappa shape index (κ3) is 4.13. The van der Waals surface area contributed by atoms with Gasteiger partial charge in [0.15, 0.2) is 0 Å². The Morgan fingerprint density at radius 3 is 2.71 bits per heavy atom. The lowest BCUT2D eigenvalue weighted by Crippen LogP contribution is -2.45. The van der Waals surface area contributed by atoms with Crippen molar-refractivity contribution in [3.05, 3.63) is 83.7 Å². The Labute approximate surface area is 183 Å². The van der Waals surface area contributed by atoms with Crippen LogP contribution in [0.5, 0.6) is 0 Å². The highest BCUT2D eigenvalue weighted by Gasteiger charge is 2.38. The molecule has 160 valence electrons. The molecular formula is C25H29N5O. The minimum atomic E-state index is 0.0908. The van der Waals surface area contributed by atoms with Crippen LogP contribution in [0.4, 0.5) is 5.69 Å². The maximum absolute atomic E-state index is 13.4. The Morgan fingerprint density at radius 1 is 1.10 bits per heavy atom. The highest BCUT2D eigenvalue weighted by Crippen LogP contribution is 2.35. The molecule has 0 bridgehead atoms. The number of carbonyl (C=O) groups is 1. The monoisotopic (exact) mass is 415 g/mol. The highest BCUT2D eigenvalue weighted by atomic mass is 16.2. The second-order valence-electron chi connectivity index (χ2n) is 8.62. The molecule has 3 aromatic rings. The number of benzene rings is 2. The molecule has 0 radical (unpaired) electrons. The van der Waals surface area contributed by atoms with Crippen molar-refractivity contribution in [3.63, 3.8) is 0 Å². The number of fused-ring (bicyclic) bond motifs is 2.